The molecule has 136 valence electrons. The Kier molecular flexibility index (Phi) is 5.93. The van der Waals surface area contributed by atoms with E-state index in [0.29, 0.717) is 29.6 Å². The van der Waals surface area contributed by atoms with Gasteiger partial charge in [0.1, 0.15) is 6.61 Å². The minimum absolute atomic E-state index is 0.0965. The summed E-state index contributed by atoms with van der Waals surface area (Å²) < 4.78 is 10.8. The molecule has 2 fully saturated rings. The molecule has 1 aromatic rings. The monoisotopic (exact) mass is 366 g/mol. The molecule has 7 heteroatoms. The van der Waals surface area contributed by atoms with Gasteiger partial charge in [-0.15, -0.1) is 0 Å². The van der Waals surface area contributed by atoms with Crippen molar-refractivity contribution in [2.24, 2.45) is 5.92 Å². The van der Waals surface area contributed by atoms with E-state index < -0.39 is 12.1 Å². The average Bonchev–Trinajstić information content (AvgIpc) is 2.62. The lowest BCUT2D eigenvalue weighted by Crippen LogP contribution is -2.54. The number of likely N-dealkylation sites (tertiary alicyclic amines) is 1. The molecule has 2 saturated heterocycles. The highest BCUT2D eigenvalue weighted by atomic mass is 35.5. The summed E-state index contributed by atoms with van der Waals surface area (Å²) in [6.45, 7) is 1.96. The molecule has 6 nitrogen and oxygen atoms in total. The van der Waals surface area contributed by atoms with Crippen LogP contribution in [0.3, 0.4) is 0 Å². The molecule has 25 heavy (non-hydrogen) atoms. The second-order valence-electron chi connectivity index (χ2n) is 6.52. The molecule has 2 aliphatic rings. The highest BCUT2D eigenvalue weighted by Crippen LogP contribution is 2.30. The molecule has 1 N–H and O–H groups in total. The number of methoxy groups -OCH3 is 1. The van der Waals surface area contributed by atoms with Crippen LogP contribution in [0, 0.1) is 5.92 Å². The Morgan fingerprint density at radius 2 is 2.08 bits per heavy atom. The second-order valence-corrected chi connectivity index (χ2v) is 6.93. The Bertz CT molecular complexity index is 631. The summed E-state index contributed by atoms with van der Waals surface area (Å²) in [6, 6.07) is 6.64. The summed E-state index contributed by atoms with van der Waals surface area (Å²) in [7, 11) is 1.70. The Morgan fingerprint density at radius 3 is 2.76 bits per heavy atom. The quantitative estimate of drug-likeness (QED) is 0.882. The Labute approximate surface area is 152 Å². The number of nitrogens with one attached hydrogen (secondary N) is 1. The fraction of sp³-hybridized carbons (Fsp3) is 0.556. The number of morpholine rings is 1. The number of rotatable bonds is 4. The second kappa shape index (κ2) is 8.17. The largest absolute Gasteiger partial charge is 0.384 e. The van der Waals surface area contributed by atoms with Crippen LogP contribution in [0.4, 0.5) is 0 Å². The third kappa shape index (κ3) is 4.14. The first-order valence-corrected chi connectivity index (χ1v) is 8.91. The highest BCUT2D eigenvalue weighted by Gasteiger charge is 2.39. The summed E-state index contributed by atoms with van der Waals surface area (Å²) in [5.41, 5.74) is 0.699. The Hall–Kier alpha value is -1.63. The molecule has 0 unspecified atom stereocenters. The van der Waals surface area contributed by atoms with Crippen molar-refractivity contribution in [1.29, 1.82) is 0 Å². The first-order valence-electron chi connectivity index (χ1n) is 8.53. The number of amides is 2. The topological polar surface area (TPSA) is 67.9 Å². The maximum atomic E-state index is 13.0. The number of carbonyl (C=O) groups excluding carboxylic acids is 2. The number of carbonyl (C=O) groups is 2. The molecule has 1 aromatic carbocycles. The predicted molar refractivity (Wildman–Crippen MR) is 93.3 cm³/mol. The zero-order valence-corrected chi connectivity index (χ0v) is 15.0. The van der Waals surface area contributed by atoms with E-state index in [9.17, 15) is 9.59 Å². The van der Waals surface area contributed by atoms with Gasteiger partial charge in [-0.2, -0.15) is 0 Å². The van der Waals surface area contributed by atoms with Gasteiger partial charge in [-0.05, 0) is 30.4 Å². The smallest absolute Gasteiger partial charge is 0.254 e. The van der Waals surface area contributed by atoms with Crippen molar-refractivity contribution >= 4 is 23.4 Å². The molecule has 0 saturated carbocycles. The van der Waals surface area contributed by atoms with E-state index in [1.807, 2.05) is 23.1 Å². The van der Waals surface area contributed by atoms with Gasteiger partial charge in [0.2, 0.25) is 5.91 Å². The maximum Gasteiger partial charge on any atom is 0.254 e. The van der Waals surface area contributed by atoms with Gasteiger partial charge in [-0.1, -0.05) is 29.8 Å². The summed E-state index contributed by atoms with van der Waals surface area (Å²) in [5, 5.41) is 3.37. The minimum atomic E-state index is -0.753. The third-order valence-corrected chi connectivity index (χ3v) is 5.17. The lowest BCUT2D eigenvalue weighted by Gasteiger charge is -2.38. The molecule has 0 radical (unpaired) electrons. The molecule has 0 bridgehead atoms. The normalized spacial score (nSPS) is 24.9. The van der Waals surface area contributed by atoms with E-state index in [-0.39, 0.29) is 18.4 Å². The van der Waals surface area contributed by atoms with E-state index in [4.69, 9.17) is 21.1 Å². The number of halogens is 1. The fourth-order valence-electron chi connectivity index (χ4n) is 3.47. The fourth-order valence-corrected chi connectivity index (χ4v) is 3.72. The van der Waals surface area contributed by atoms with Gasteiger partial charge in [0, 0.05) is 31.8 Å². The van der Waals surface area contributed by atoms with Crippen molar-refractivity contribution in [1.82, 2.24) is 10.2 Å². The number of ether oxygens (including phenoxy) is 2. The number of piperidine rings is 1. The number of benzene rings is 1. The van der Waals surface area contributed by atoms with E-state index in [1.54, 1.807) is 13.2 Å². The van der Waals surface area contributed by atoms with E-state index in [0.717, 1.165) is 19.4 Å². The molecule has 2 amide bonds. The molecular weight excluding hydrogens is 344 g/mol. The van der Waals surface area contributed by atoms with Gasteiger partial charge in [-0.3, -0.25) is 9.59 Å². The van der Waals surface area contributed by atoms with Gasteiger partial charge in [0.05, 0.1) is 6.04 Å². The zero-order chi connectivity index (χ0) is 17.8. The first-order chi connectivity index (χ1) is 12.1. The zero-order valence-electron chi connectivity index (χ0n) is 14.2. The van der Waals surface area contributed by atoms with Crippen LogP contribution >= 0.6 is 11.6 Å². The van der Waals surface area contributed by atoms with Gasteiger partial charge in [-0.25, -0.2) is 0 Å². The van der Waals surface area contributed by atoms with Crippen molar-refractivity contribution in [3.05, 3.63) is 34.9 Å². The molecule has 0 aromatic heterocycles. The van der Waals surface area contributed by atoms with Crippen LogP contribution in [-0.4, -0.2) is 56.2 Å². The SMILES string of the molecule is COCC1CCN(C(=O)[C@H]2OCC(=O)N[C@@H]2c2ccccc2Cl)CC1. The van der Waals surface area contributed by atoms with Crippen LogP contribution < -0.4 is 5.32 Å². The molecule has 2 atom stereocenters. The van der Waals surface area contributed by atoms with E-state index >= 15 is 0 Å². The van der Waals surface area contributed by atoms with Gasteiger partial charge in [0.25, 0.3) is 5.91 Å². The summed E-state index contributed by atoms with van der Waals surface area (Å²) in [5.74, 6) is 0.147. The van der Waals surface area contributed by atoms with Crippen molar-refractivity contribution in [3.63, 3.8) is 0 Å². The summed E-state index contributed by atoms with van der Waals surface area (Å²) >= 11 is 6.27. The summed E-state index contributed by atoms with van der Waals surface area (Å²) in [4.78, 5) is 26.6. The van der Waals surface area contributed by atoms with Crippen molar-refractivity contribution in [3.8, 4) is 0 Å². The Balaban J connectivity index is 1.73. The van der Waals surface area contributed by atoms with Crippen LogP contribution in [-0.2, 0) is 19.1 Å². The molecule has 2 heterocycles. The van der Waals surface area contributed by atoms with E-state index in [1.165, 1.54) is 0 Å². The molecule has 3 rings (SSSR count). The van der Waals surface area contributed by atoms with Gasteiger partial charge >= 0.3 is 0 Å². The van der Waals surface area contributed by atoms with Crippen LogP contribution in [0.15, 0.2) is 24.3 Å². The highest BCUT2D eigenvalue weighted by molar-refractivity contribution is 6.31. The standard InChI is InChI=1S/C18H23ClN2O4/c1-24-10-12-6-8-21(9-7-12)18(23)17-16(20-15(22)11-25-17)13-4-2-3-5-14(13)19/h2-5,12,16-17H,6-11H2,1H3,(H,20,22)/t16-,17+/m1/s1. The van der Waals surface area contributed by atoms with Crippen molar-refractivity contribution < 1.29 is 19.1 Å². The first kappa shape index (κ1) is 18.2. The molecule has 0 aliphatic carbocycles. The van der Waals surface area contributed by atoms with Crippen LogP contribution in [0.1, 0.15) is 24.4 Å². The third-order valence-electron chi connectivity index (χ3n) is 4.83. The maximum absolute atomic E-state index is 13.0. The average molecular weight is 367 g/mol. The van der Waals surface area contributed by atoms with Crippen LogP contribution in [0.5, 0.6) is 0 Å². The van der Waals surface area contributed by atoms with Crippen LogP contribution in [0.25, 0.3) is 0 Å². The van der Waals surface area contributed by atoms with Gasteiger partial charge < -0.3 is 19.7 Å². The Morgan fingerprint density at radius 1 is 1.36 bits per heavy atom. The number of nitrogens with zero attached hydrogens (tertiary/aromatic N) is 1. The predicted octanol–water partition coefficient (Wildman–Crippen LogP) is 1.78. The van der Waals surface area contributed by atoms with Crippen molar-refractivity contribution in [2.75, 3.05) is 33.4 Å². The molecule has 0 spiro atoms. The molecule has 2 aliphatic heterocycles. The number of hydrogen-bond donors (Lipinski definition) is 1. The van der Waals surface area contributed by atoms with Crippen molar-refractivity contribution in [2.45, 2.75) is 25.0 Å². The lowest BCUT2D eigenvalue weighted by molar-refractivity contribution is -0.156. The molecular formula is C18H23ClN2O4. The minimum Gasteiger partial charge on any atom is -0.384 e. The van der Waals surface area contributed by atoms with Gasteiger partial charge in [0.15, 0.2) is 6.10 Å². The summed E-state index contributed by atoms with van der Waals surface area (Å²) in [6.07, 6.45) is 1.07. The van der Waals surface area contributed by atoms with Crippen LogP contribution in [0.2, 0.25) is 5.02 Å². The van der Waals surface area contributed by atoms with E-state index in [2.05, 4.69) is 5.32 Å². The lowest BCUT2D eigenvalue weighted by atomic mass is 9.95. The number of hydrogen-bond acceptors (Lipinski definition) is 4.